The molecule has 86 valence electrons. The molecule has 1 atom stereocenters. The fourth-order valence-corrected chi connectivity index (χ4v) is 1.20. The third-order valence-electron chi connectivity index (χ3n) is 2.00. The highest BCUT2D eigenvalue weighted by Gasteiger charge is 2.19. The molecule has 1 rings (SSSR count). The maximum atomic E-state index is 11.6. The summed E-state index contributed by atoms with van der Waals surface area (Å²) < 4.78 is 0. The molecule has 1 amide bonds. The van der Waals surface area contributed by atoms with Crippen LogP contribution in [-0.4, -0.2) is 33.0 Å². The third kappa shape index (κ3) is 3.30. The van der Waals surface area contributed by atoms with Gasteiger partial charge in [0.25, 0.3) is 5.91 Å². The first kappa shape index (κ1) is 12.1. The molecule has 1 aromatic rings. The number of carbonyl (C=O) groups is 2. The molecule has 16 heavy (non-hydrogen) atoms. The van der Waals surface area contributed by atoms with Gasteiger partial charge in [0.15, 0.2) is 0 Å². The van der Waals surface area contributed by atoms with Crippen LogP contribution in [0, 0.1) is 0 Å². The maximum absolute atomic E-state index is 11.6. The van der Waals surface area contributed by atoms with Crippen molar-refractivity contribution in [3.63, 3.8) is 0 Å². The van der Waals surface area contributed by atoms with Gasteiger partial charge in [0.1, 0.15) is 12.4 Å². The van der Waals surface area contributed by atoms with Crippen molar-refractivity contribution in [1.82, 2.24) is 15.3 Å². The number of nitrogens with zero attached hydrogens (tertiary/aromatic N) is 2. The Kier molecular flexibility index (Phi) is 4.38. The van der Waals surface area contributed by atoms with Gasteiger partial charge in [-0.05, 0) is 6.42 Å². The molecule has 0 radical (unpaired) electrons. The van der Waals surface area contributed by atoms with E-state index < -0.39 is 17.9 Å². The zero-order valence-corrected chi connectivity index (χ0v) is 8.88. The van der Waals surface area contributed by atoms with E-state index in [1.165, 1.54) is 18.7 Å². The van der Waals surface area contributed by atoms with Crippen molar-refractivity contribution in [3.8, 4) is 0 Å². The molecule has 6 heteroatoms. The second kappa shape index (κ2) is 5.79. The Morgan fingerprint density at radius 3 is 2.56 bits per heavy atom. The number of carboxylic acid groups (broad SMARTS) is 1. The summed E-state index contributed by atoms with van der Waals surface area (Å²) in [6.45, 7) is 1.85. The smallest absolute Gasteiger partial charge is 0.326 e. The van der Waals surface area contributed by atoms with Crippen LogP contribution in [0.25, 0.3) is 0 Å². The van der Waals surface area contributed by atoms with E-state index in [-0.39, 0.29) is 5.56 Å². The minimum atomic E-state index is -1.04. The van der Waals surface area contributed by atoms with Gasteiger partial charge in [0, 0.05) is 12.4 Å². The SMILES string of the molecule is CCC[C@@H](NC(=O)c1cncnc1)C(=O)O. The zero-order valence-electron chi connectivity index (χ0n) is 8.88. The molecule has 1 heterocycles. The Hall–Kier alpha value is -1.98. The summed E-state index contributed by atoms with van der Waals surface area (Å²) in [7, 11) is 0. The minimum Gasteiger partial charge on any atom is -0.480 e. The summed E-state index contributed by atoms with van der Waals surface area (Å²) in [6.07, 6.45) is 5.06. The van der Waals surface area contributed by atoms with Gasteiger partial charge in [-0.1, -0.05) is 13.3 Å². The number of amides is 1. The quantitative estimate of drug-likeness (QED) is 0.756. The molecule has 0 saturated heterocycles. The number of aromatic nitrogens is 2. The molecule has 0 aliphatic heterocycles. The molecule has 0 saturated carbocycles. The average molecular weight is 223 g/mol. The van der Waals surface area contributed by atoms with E-state index in [0.717, 1.165) is 0 Å². The summed E-state index contributed by atoms with van der Waals surface area (Å²) in [5.74, 6) is -1.51. The second-order valence-corrected chi connectivity index (χ2v) is 3.28. The first-order valence-corrected chi connectivity index (χ1v) is 4.93. The molecular weight excluding hydrogens is 210 g/mol. The fourth-order valence-electron chi connectivity index (χ4n) is 1.20. The van der Waals surface area contributed by atoms with E-state index in [0.29, 0.717) is 12.8 Å². The number of carboxylic acids is 1. The number of nitrogens with one attached hydrogen (secondary N) is 1. The van der Waals surface area contributed by atoms with Crippen LogP contribution in [0.1, 0.15) is 30.1 Å². The summed E-state index contributed by atoms with van der Waals surface area (Å²) in [5.41, 5.74) is 0.254. The van der Waals surface area contributed by atoms with Crippen molar-refractivity contribution in [2.24, 2.45) is 0 Å². The number of hydrogen-bond acceptors (Lipinski definition) is 4. The molecule has 0 aromatic carbocycles. The number of hydrogen-bond donors (Lipinski definition) is 2. The summed E-state index contributed by atoms with van der Waals surface area (Å²) in [4.78, 5) is 29.8. The first-order chi connectivity index (χ1) is 7.65. The van der Waals surface area contributed by atoms with Gasteiger partial charge < -0.3 is 10.4 Å². The topological polar surface area (TPSA) is 92.2 Å². The highest BCUT2D eigenvalue weighted by molar-refractivity contribution is 5.95. The van der Waals surface area contributed by atoms with Crippen molar-refractivity contribution >= 4 is 11.9 Å². The van der Waals surface area contributed by atoms with Crippen LogP contribution in [0.5, 0.6) is 0 Å². The second-order valence-electron chi connectivity index (χ2n) is 3.28. The van der Waals surface area contributed by atoms with E-state index in [9.17, 15) is 9.59 Å². The normalized spacial score (nSPS) is 11.8. The van der Waals surface area contributed by atoms with E-state index in [4.69, 9.17) is 5.11 Å². The minimum absolute atomic E-state index is 0.254. The van der Waals surface area contributed by atoms with Crippen molar-refractivity contribution in [3.05, 3.63) is 24.3 Å². The molecule has 1 aromatic heterocycles. The lowest BCUT2D eigenvalue weighted by Gasteiger charge is -2.12. The Morgan fingerprint density at radius 1 is 1.44 bits per heavy atom. The Bertz CT molecular complexity index is 367. The van der Waals surface area contributed by atoms with Crippen LogP contribution in [-0.2, 0) is 4.79 Å². The van der Waals surface area contributed by atoms with E-state index >= 15 is 0 Å². The Labute approximate surface area is 92.7 Å². The van der Waals surface area contributed by atoms with Crippen molar-refractivity contribution < 1.29 is 14.7 Å². The fraction of sp³-hybridized carbons (Fsp3) is 0.400. The standard InChI is InChI=1S/C10H13N3O3/c1-2-3-8(10(15)16)13-9(14)7-4-11-6-12-5-7/h4-6,8H,2-3H2,1H3,(H,13,14)(H,15,16)/t8-/m1/s1. The average Bonchev–Trinajstić information content (AvgIpc) is 2.29. The van der Waals surface area contributed by atoms with E-state index in [1.807, 2.05) is 6.92 Å². The highest BCUT2D eigenvalue weighted by Crippen LogP contribution is 2.00. The third-order valence-corrected chi connectivity index (χ3v) is 2.00. The van der Waals surface area contributed by atoms with Crippen LogP contribution < -0.4 is 5.32 Å². The van der Waals surface area contributed by atoms with Gasteiger partial charge in [-0.25, -0.2) is 14.8 Å². The largest absolute Gasteiger partial charge is 0.480 e. The van der Waals surface area contributed by atoms with Crippen LogP contribution in [0.15, 0.2) is 18.7 Å². The van der Waals surface area contributed by atoms with Crippen LogP contribution in [0.2, 0.25) is 0 Å². The predicted molar refractivity (Wildman–Crippen MR) is 55.8 cm³/mol. The van der Waals surface area contributed by atoms with Crippen molar-refractivity contribution in [2.45, 2.75) is 25.8 Å². The van der Waals surface area contributed by atoms with Crippen molar-refractivity contribution in [2.75, 3.05) is 0 Å². The number of rotatable bonds is 5. The first-order valence-electron chi connectivity index (χ1n) is 4.93. The summed E-state index contributed by atoms with van der Waals surface area (Å²) in [6, 6.07) is -0.863. The lowest BCUT2D eigenvalue weighted by molar-refractivity contribution is -0.139. The highest BCUT2D eigenvalue weighted by atomic mass is 16.4. The number of carbonyl (C=O) groups excluding carboxylic acids is 1. The maximum Gasteiger partial charge on any atom is 0.326 e. The van der Waals surface area contributed by atoms with Gasteiger partial charge >= 0.3 is 5.97 Å². The Morgan fingerprint density at radius 2 is 2.06 bits per heavy atom. The van der Waals surface area contributed by atoms with Gasteiger partial charge in [0.05, 0.1) is 5.56 Å². The van der Waals surface area contributed by atoms with E-state index in [1.54, 1.807) is 0 Å². The molecule has 0 unspecified atom stereocenters. The lowest BCUT2D eigenvalue weighted by Crippen LogP contribution is -2.40. The predicted octanol–water partition coefficient (Wildman–Crippen LogP) is 0.460. The Balaban J connectivity index is 2.65. The zero-order chi connectivity index (χ0) is 12.0. The molecule has 0 aliphatic carbocycles. The molecule has 2 N–H and O–H groups in total. The van der Waals surface area contributed by atoms with Gasteiger partial charge in [-0.3, -0.25) is 4.79 Å². The number of aliphatic carboxylic acids is 1. The molecular formula is C10H13N3O3. The van der Waals surface area contributed by atoms with Crippen LogP contribution in [0.4, 0.5) is 0 Å². The molecule has 0 aliphatic rings. The summed E-state index contributed by atoms with van der Waals surface area (Å²) >= 11 is 0. The van der Waals surface area contributed by atoms with Crippen LogP contribution >= 0.6 is 0 Å². The molecule has 6 nitrogen and oxygen atoms in total. The van der Waals surface area contributed by atoms with E-state index in [2.05, 4.69) is 15.3 Å². The monoisotopic (exact) mass is 223 g/mol. The summed E-state index contributed by atoms with van der Waals surface area (Å²) in [5, 5.41) is 11.3. The molecule has 0 fully saturated rings. The van der Waals surface area contributed by atoms with Gasteiger partial charge in [-0.15, -0.1) is 0 Å². The van der Waals surface area contributed by atoms with Gasteiger partial charge in [0.2, 0.25) is 0 Å². The molecule has 0 spiro atoms. The van der Waals surface area contributed by atoms with Crippen molar-refractivity contribution in [1.29, 1.82) is 0 Å². The lowest BCUT2D eigenvalue weighted by atomic mass is 10.1. The van der Waals surface area contributed by atoms with Gasteiger partial charge in [-0.2, -0.15) is 0 Å². The van der Waals surface area contributed by atoms with Crippen LogP contribution in [0.3, 0.4) is 0 Å². The molecule has 0 bridgehead atoms.